The maximum Gasteiger partial charge on any atom is 0.330 e. The summed E-state index contributed by atoms with van der Waals surface area (Å²) >= 11 is 0. The van der Waals surface area contributed by atoms with Gasteiger partial charge in [0.05, 0.1) is 0 Å². The van der Waals surface area contributed by atoms with Crippen molar-refractivity contribution in [2.75, 3.05) is 13.2 Å². The highest BCUT2D eigenvalue weighted by atomic mass is 16.5. The molecule has 0 bridgehead atoms. The van der Waals surface area contributed by atoms with E-state index >= 15 is 0 Å². The van der Waals surface area contributed by atoms with Crippen LogP contribution in [0.4, 0.5) is 0 Å². The highest BCUT2D eigenvalue weighted by molar-refractivity contribution is 5.83. The predicted octanol–water partition coefficient (Wildman–Crippen LogP) is 0.835. The van der Waals surface area contributed by atoms with Crippen molar-refractivity contribution in [3.8, 4) is 0 Å². The average molecular weight is 196 g/mol. The molecule has 0 fully saturated rings. The Morgan fingerprint density at radius 2 is 2.57 bits per heavy atom. The number of rotatable bonds is 3. The molecule has 1 aliphatic heterocycles. The highest BCUT2D eigenvalue weighted by Crippen LogP contribution is 2.07. The first-order valence-corrected chi connectivity index (χ1v) is 4.37. The third kappa shape index (κ3) is 3.43. The van der Waals surface area contributed by atoms with E-state index in [9.17, 15) is 9.59 Å². The summed E-state index contributed by atoms with van der Waals surface area (Å²) in [5.41, 5.74) is 0. The van der Waals surface area contributed by atoms with Gasteiger partial charge < -0.3 is 9.47 Å². The van der Waals surface area contributed by atoms with Gasteiger partial charge in [-0.05, 0) is 6.92 Å². The summed E-state index contributed by atoms with van der Waals surface area (Å²) in [6, 6.07) is 0. The summed E-state index contributed by atoms with van der Waals surface area (Å²) in [6.45, 7) is 2.26. The Bertz CT molecular complexity index is 278. The first-order chi connectivity index (χ1) is 6.72. The van der Waals surface area contributed by atoms with Gasteiger partial charge in [-0.1, -0.05) is 12.2 Å². The minimum Gasteiger partial charge on any atom is -0.462 e. The van der Waals surface area contributed by atoms with Crippen LogP contribution in [-0.4, -0.2) is 25.2 Å². The molecule has 1 rings (SSSR count). The molecule has 0 N–H and O–H groups in total. The van der Waals surface area contributed by atoms with E-state index < -0.39 is 0 Å². The van der Waals surface area contributed by atoms with Crippen LogP contribution in [0.1, 0.15) is 6.92 Å². The van der Waals surface area contributed by atoms with Gasteiger partial charge in [-0.3, -0.25) is 0 Å². The highest BCUT2D eigenvalue weighted by Gasteiger charge is 2.14. The van der Waals surface area contributed by atoms with Gasteiger partial charge in [-0.25, -0.2) is 9.59 Å². The second kappa shape index (κ2) is 5.21. The largest absolute Gasteiger partial charge is 0.462 e. The molecular formula is C10H12O4. The molecule has 0 saturated heterocycles. The minimum absolute atomic E-state index is 0.0260. The zero-order chi connectivity index (χ0) is 10.4. The lowest BCUT2D eigenvalue weighted by Crippen LogP contribution is -2.21. The van der Waals surface area contributed by atoms with E-state index in [1.807, 2.05) is 0 Å². The molecule has 0 aliphatic carbocycles. The number of hydrogen-bond donors (Lipinski definition) is 0. The number of esters is 2. The van der Waals surface area contributed by atoms with Crippen LogP contribution in [-0.2, 0) is 19.1 Å². The molecule has 0 spiro atoms. The fourth-order valence-electron chi connectivity index (χ4n) is 0.985. The van der Waals surface area contributed by atoms with Crippen LogP contribution in [0.2, 0.25) is 0 Å². The zero-order valence-corrected chi connectivity index (χ0v) is 7.93. The molecule has 14 heavy (non-hydrogen) atoms. The summed E-state index contributed by atoms with van der Waals surface area (Å²) in [4.78, 5) is 21.5. The number of ether oxygens (including phenoxy) is 2. The Hall–Kier alpha value is -1.58. The molecule has 4 nitrogen and oxygen atoms in total. The smallest absolute Gasteiger partial charge is 0.330 e. The van der Waals surface area contributed by atoms with Crippen LogP contribution < -0.4 is 0 Å². The van der Waals surface area contributed by atoms with Crippen molar-refractivity contribution in [2.24, 2.45) is 5.92 Å². The molecule has 0 aromatic heterocycles. The monoisotopic (exact) mass is 196 g/mol. The van der Waals surface area contributed by atoms with Crippen molar-refractivity contribution in [1.82, 2.24) is 0 Å². The van der Waals surface area contributed by atoms with E-state index in [4.69, 9.17) is 9.47 Å². The van der Waals surface area contributed by atoms with Gasteiger partial charge in [-0.2, -0.15) is 0 Å². The Morgan fingerprint density at radius 3 is 3.14 bits per heavy atom. The maximum absolute atomic E-state index is 10.9. The molecule has 0 saturated carbocycles. The summed E-state index contributed by atoms with van der Waals surface area (Å²) in [5.74, 6) is -0.749. The molecule has 1 atom stereocenters. The van der Waals surface area contributed by atoms with Crippen LogP contribution >= 0.6 is 0 Å². The number of carbonyl (C=O) groups is 2. The molecule has 1 heterocycles. The average Bonchev–Trinajstić information content (AvgIpc) is 2.17. The maximum atomic E-state index is 10.9. The van der Waals surface area contributed by atoms with Gasteiger partial charge in [0, 0.05) is 18.1 Å². The summed E-state index contributed by atoms with van der Waals surface area (Å²) in [6.07, 6.45) is 5.99. The van der Waals surface area contributed by atoms with Gasteiger partial charge in [0.2, 0.25) is 0 Å². The van der Waals surface area contributed by atoms with Crippen LogP contribution in [0.3, 0.4) is 0 Å². The Morgan fingerprint density at radius 1 is 1.79 bits per heavy atom. The molecule has 76 valence electrons. The Balaban J connectivity index is 2.29. The first kappa shape index (κ1) is 10.5. The number of cyclic esters (lactones) is 1. The lowest BCUT2D eigenvalue weighted by molar-refractivity contribution is -0.143. The molecule has 1 unspecified atom stereocenters. The van der Waals surface area contributed by atoms with Gasteiger partial charge in [-0.15, -0.1) is 0 Å². The second-order valence-electron chi connectivity index (χ2n) is 2.88. The minimum atomic E-state index is -0.377. The quantitative estimate of drug-likeness (QED) is 0.495. The second-order valence-corrected chi connectivity index (χ2v) is 2.88. The third-order valence-corrected chi connectivity index (χ3v) is 1.69. The van der Waals surface area contributed by atoms with Crippen LogP contribution in [0.15, 0.2) is 24.3 Å². The van der Waals surface area contributed by atoms with E-state index in [1.54, 1.807) is 19.1 Å². The fourth-order valence-corrected chi connectivity index (χ4v) is 0.985. The van der Waals surface area contributed by atoms with Crippen molar-refractivity contribution in [3.05, 3.63) is 24.3 Å². The third-order valence-electron chi connectivity index (χ3n) is 1.69. The van der Waals surface area contributed by atoms with Gasteiger partial charge in [0.15, 0.2) is 0 Å². The van der Waals surface area contributed by atoms with Crippen molar-refractivity contribution in [1.29, 1.82) is 0 Å². The topological polar surface area (TPSA) is 52.6 Å². The molecule has 1 aliphatic rings. The SMILES string of the molecule is C/C=C/C(=O)OCC1C=CC(=O)OC1. The molecule has 0 amide bonds. The van der Waals surface area contributed by atoms with E-state index in [1.165, 1.54) is 12.2 Å². The van der Waals surface area contributed by atoms with E-state index in [2.05, 4.69) is 0 Å². The standard InChI is InChI=1S/C10H12O4/c1-2-3-9(11)13-6-8-4-5-10(12)14-7-8/h2-5,8H,6-7H2,1H3/b3-2+. The predicted molar refractivity (Wildman–Crippen MR) is 49.4 cm³/mol. The molecule has 0 aromatic carbocycles. The molecule has 4 heteroatoms. The molecular weight excluding hydrogens is 184 g/mol. The van der Waals surface area contributed by atoms with Crippen LogP contribution in [0.25, 0.3) is 0 Å². The number of hydrogen-bond acceptors (Lipinski definition) is 4. The van der Waals surface area contributed by atoms with Crippen molar-refractivity contribution in [2.45, 2.75) is 6.92 Å². The lowest BCUT2D eigenvalue weighted by Gasteiger charge is -2.15. The molecule has 0 radical (unpaired) electrons. The van der Waals surface area contributed by atoms with E-state index in [-0.39, 0.29) is 31.1 Å². The van der Waals surface area contributed by atoms with Gasteiger partial charge in [0.1, 0.15) is 13.2 Å². The van der Waals surface area contributed by atoms with Crippen molar-refractivity contribution in [3.63, 3.8) is 0 Å². The molecule has 0 aromatic rings. The van der Waals surface area contributed by atoms with Gasteiger partial charge in [0.25, 0.3) is 0 Å². The zero-order valence-electron chi connectivity index (χ0n) is 7.93. The normalized spacial score (nSPS) is 20.9. The number of allylic oxidation sites excluding steroid dienone is 1. The summed E-state index contributed by atoms with van der Waals surface area (Å²) < 4.78 is 9.64. The summed E-state index contributed by atoms with van der Waals surface area (Å²) in [5, 5.41) is 0. The number of carbonyl (C=O) groups excluding carboxylic acids is 2. The van der Waals surface area contributed by atoms with Crippen molar-refractivity contribution >= 4 is 11.9 Å². The van der Waals surface area contributed by atoms with E-state index in [0.29, 0.717) is 0 Å². The van der Waals surface area contributed by atoms with E-state index in [0.717, 1.165) is 0 Å². The van der Waals surface area contributed by atoms with Crippen LogP contribution in [0.5, 0.6) is 0 Å². The van der Waals surface area contributed by atoms with Crippen LogP contribution in [0, 0.1) is 5.92 Å². The lowest BCUT2D eigenvalue weighted by atomic mass is 10.1. The Kier molecular flexibility index (Phi) is 3.91. The van der Waals surface area contributed by atoms with Gasteiger partial charge >= 0.3 is 11.9 Å². The fraction of sp³-hybridized carbons (Fsp3) is 0.400. The Labute approximate surface area is 82.2 Å². The summed E-state index contributed by atoms with van der Waals surface area (Å²) in [7, 11) is 0. The first-order valence-electron chi connectivity index (χ1n) is 4.37. The van der Waals surface area contributed by atoms with Crippen molar-refractivity contribution < 1.29 is 19.1 Å².